The van der Waals surface area contributed by atoms with Gasteiger partial charge in [-0.3, -0.25) is 0 Å². The Kier molecular flexibility index (Phi) is 5.45. The number of hydrogen-bond donors (Lipinski definition) is 4. The number of nitrogen functional groups attached to an aromatic ring is 1. The average Bonchev–Trinajstić information content (AvgIpc) is 2.43. The van der Waals surface area contributed by atoms with E-state index in [4.69, 9.17) is 15.9 Å². The zero-order valence-electron chi connectivity index (χ0n) is 10.7. The molecular weight excluding hydrogens is 288 g/mol. The van der Waals surface area contributed by atoms with Crippen molar-refractivity contribution in [2.75, 3.05) is 26.0 Å². The highest BCUT2D eigenvalue weighted by molar-refractivity contribution is 7.89. The van der Waals surface area contributed by atoms with Crippen LogP contribution < -0.4 is 10.5 Å². The summed E-state index contributed by atoms with van der Waals surface area (Å²) >= 11 is 0. The Morgan fingerprint density at radius 1 is 1.50 bits per heavy atom. The number of anilines is 1. The number of sulfonamides is 1. The molecule has 0 aromatic heterocycles. The van der Waals surface area contributed by atoms with Crippen LogP contribution in [0.15, 0.2) is 23.1 Å². The number of benzene rings is 1. The number of hydrogen-bond acceptors (Lipinski definition) is 7. The van der Waals surface area contributed by atoms with Crippen molar-refractivity contribution in [1.29, 1.82) is 0 Å². The molecule has 0 saturated carbocycles. The van der Waals surface area contributed by atoms with Crippen LogP contribution >= 0.6 is 0 Å². The van der Waals surface area contributed by atoms with Gasteiger partial charge in [0.25, 0.3) is 0 Å². The number of nitrogens with one attached hydrogen (secondary N) is 1. The molecule has 1 aromatic carbocycles. The minimum atomic E-state index is -4.05. The van der Waals surface area contributed by atoms with Gasteiger partial charge >= 0.3 is 5.97 Å². The lowest BCUT2D eigenvalue weighted by atomic mass is 10.2. The van der Waals surface area contributed by atoms with E-state index in [1.807, 2.05) is 0 Å². The van der Waals surface area contributed by atoms with E-state index < -0.39 is 28.7 Å². The van der Waals surface area contributed by atoms with Gasteiger partial charge in [0.1, 0.15) is 0 Å². The van der Waals surface area contributed by atoms with Crippen molar-refractivity contribution < 1.29 is 28.2 Å². The summed E-state index contributed by atoms with van der Waals surface area (Å²) in [5.41, 5.74) is 5.51. The SMILES string of the molecule is COC(=O)c1cc(N)ccc1S(=O)(=O)NCC(O)CO. The number of carbonyl (C=O) groups is 1. The van der Waals surface area contributed by atoms with Crippen LogP contribution in [0.5, 0.6) is 0 Å². The van der Waals surface area contributed by atoms with Gasteiger partial charge < -0.3 is 20.7 Å². The Morgan fingerprint density at radius 3 is 2.70 bits per heavy atom. The number of rotatable bonds is 6. The van der Waals surface area contributed by atoms with Crippen molar-refractivity contribution in [2.24, 2.45) is 0 Å². The summed E-state index contributed by atoms with van der Waals surface area (Å²) in [5.74, 6) is -0.847. The van der Waals surface area contributed by atoms with E-state index >= 15 is 0 Å². The molecule has 0 fully saturated rings. The molecule has 0 radical (unpaired) electrons. The molecule has 0 aliphatic rings. The summed E-state index contributed by atoms with van der Waals surface area (Å²) in [6.45, 7) is -0.974. The standard InChI is InChI=1S/C11H16N2O6S/c1-19-11(16)9-4-7(12)2-3-10(9)20(17,18)13-5-8(15)6-14/h2-4,8,13-15H,5-6,12H2,1H3. The van der Waals surface area contributed by atoms with Gasteiger partial charge in [-0.05, 0) is 18.2 Å². The third-order valence-corrected chi connectivity index (χ3v) is 3.90. The van der Waals surface area contributed by atoms with E-state index in [1.165, 1.54) is 12.1 Å². The van der Waals surface area contributed by atoms with Crippen LogP contribution in [-0.2, 0) is 14.8 Å². The molecular formula is C11H16N2O6S. The molecule has 0 saturated heterocycles. The van der Waals surface area contributed by atoms with Gasteiger partial charge in [-0.25, -0.2) is 17.9 Å². The first-order chi connectivity index (χ1) is 9.31. The van der Waals surface area contributed by atoms with E-state index in [2.05, 4.69) is 9.46 Å². The minimum Gasteiger partial charge on any atom is -0.465 e. The average molecular weight is 304 g/mol. The van der Waals surface area contributed by atoms with Crippen LogP contribution in [-0.4, -0.2) is 51.0 Å². The van der Waals surface area contributed by atoms with Gasteiger partial charge in [0.15, 0.2) is 0 Å². The maximum atomic E-state index is 12.1. The second-order valence-corrected chi connectivity index (χ2v) is 5.67. The molecule has 0 bridgehead atoms. The fourth-order valence-corrected chi connectivity index (χ4v) is 2.65. The highest BCUT2D eigenvalue weighted by Gasteiger charge is 2.23. The van der Waals surface area contributed by atoms with E-state index in [9.17, 15) is 13.2 Å². The van der Waals surface area contributed by atoms with Crippen molar-refractivity contribution in [3.8, 4) is 0 Å². The molecule has 0 aliphatic carbocycles. The fraction of sp³-hybridized carbons (Fsp3) is 0.364. The Hall–Kier alpha value is -1.68. The van der Waals surface area contributed by atoms with Gasteiger partial charge in [0, 0.05) is 12.2 Å². The summed E-state index contributed by atoms with van der Waals surface area (Å²) in [6.07, 6.45) is -1.24. The Labute approximate surface area is 116 Å². The molecule has 0 heterocycles. The first-order valence-electron chi connectivity index (χ1n) is 5.58. The lowest BCUT2D eigenvalue weighted by molar-refractivity contribution is 0.0596. The predicted molar refractivity (Wildman–Crippen MR) is 70.5 cm³/mol. The molecule has 0 spiro atoms. The zero-order valence-corrected chi connectivity index (χ0v) is 11.6. The number of nitrogens with two attached hydrogens (primary N) is 1. The smallest absolute Gasteiger partial charge is 0.339 e. The van der Waals surface area contributed by atoms with E-state index in [0.717, 1.165) is 13.2 Å². The van der Waals surface area contributed by atoms with Gasteiger partial charge in [-0.2, -0.15) is 0 Å². The number of carbonyl (C=O) groups excluding carboxylic acids is 1. The maximum absolute atomic E-state index is 12.1. The minimum absolute atomic E-state index is 0.208. The zero-order chi connectivity index (χ0) is 15.3. The number of methoxy groups -OCH3 is 1. The first kappa shape index (κ1) is 16.4. The maximum Gasteiger partial charge on any atom is 0.339 e. The van der Waals surface area contributed by atoms with Gasteiger partial charge in [0.05, 0.1) is 30.3 Å². The van der Waals surface area contributed by atoms with Crippen LogP contribution in [0.4, 0.5) is 5.69 Å². The van der Waals surface area contributed by atoms with Crippen molar-refractivity contribution >= 4 is 21.7 Å². The van der Waals surface area contributed by atoms with Gasteiger partial charge in [-0.1, -0.05) is 0 Å². The molecule has 0 aliphatic heterocycles. The third kappa shape index (κ3) is 3.90. The summed E-state index contributed by atoms with van der Waals surface area (Å²) < 4.78 is 30.7. The lowest BCUT2D eigenvalue weighted by Gasteiger charge is -2.12. The summed E-state index contributed by atoms with van der Waals surface area (Å²) in [6, 6.07) is 3.67. The molecule has 8 nitrogen and oxygen atoms in total. The molecule has 1 rings (SSSR count). The topological polar surface area (TPSA) is 139 Å². The molecule has 0 amide bonds. The van der Waals surface area contributed by atoms with Crippen LogP contribution in [0.2, 0.25) is 0 Å². The molecule has 1 unspecified atom stereocenters. The second kappa shape index (κ2) is 6.66. The Balaban J connectivity index is 3.14. The van der Waals surface area contributed by atoms with Gasteiger partial charge in [-0.15, -0.1) is 0 Å². The molecule has 9 heteroatoms. The molecule has 5 N–H and O–H groups in total. The molecule has 112 valence electrons. The Bertz CT molecular complexity index is 587. The summed E-state index contributed by atoms with van der Waals surface area (Å²) in [4.78, 5) is 11.3. The first-order valence-corrected chi connectivity index (χ1v) is 7.06. The number of esters is 1. The fourth-order valence-electron chi connectivity index (χ4n) is 1.40. The van der Waals surface area contributed by atoms with E-state index in [1.54, 1.807) is 0 Å². The van der Waals surface area contributed by atoms with Crippen LogP contribution in [0, 0.1) is 0 Å². The van der Waals surface area contributed by atoms with Crippen LogP contribution in [0.3, 0.4) is 0 Å². The van der Waals surface area contributed by atoms with E-state index in [0.29, 0.717) is 0 Å². The lowest BCUT2D eigenvalue weighted by Crippen LogP contribution is -2.34. The highest BCUT2D eigenvalue weighted by atomic mass is 32.2. The second-order valence-electron chi connectivity index (χ2n) is 3.94. The van der Waals surface area contributed by atoms with Gasteiger partial charge in [0.2, 0.25) is 10.0 Å². The van der Waals surface area contributed by atoms with Crippen LogP contribution in [0.1, 0.15) is 10.4 Å². The largest absolute Gasteiger partial charge is 0.465 e. The Morgan fingerprint density at radius 2 is 2.15 bits per heavy atom. The summed E-state index contributed by atoms with van der Waals surface area (Å²) in [7, 11) is -2.93. The molecule has 1 atom stereocenters. The number of aliphatic hydroxyl groups is 2. The quantitative estimate of drug-likeness (QED) is 0.378. The highest BCUT2D eigenvalue weighted by Crippen LogP contribution is 2.19. The molecule has 20 heavy (non-hydrogen) atoms. The van der Waals surface area contributed by atoms with Crippen molar-refractivity contribution in [3.05, 3.63) is 23.8 Å². The number of ether oxygens (including phenoxy) is 1. The monoisotopic (exact) mass is 304 g/mol. The van der Waals surface area contributed by atoms with Crippen molar-refractivity contribution in [3.63, 3.8) is 0 Å². The third-order valence-electron chi connectivity index (χ3n) is 2.42. The van der Waals surface area contributed by atoms with Crippen LogP contribution in [0.25, 0.3) is 0 Å². The normalized spacial score (nSPS) is 12.9. The predicted octanol–water partition coefficient (Wildman–Crippen LogP) is -1.31. The number of aliphatic hydroxyl groups excluding tert-OH is 2. The van der Waals surface area contributed by atoms with Crippen molar-refractivity contribution in [2.45, 2.75) is 11.0 Å². The van der Waals surface area contributed by atoms with Crippen molar-refractivity contribution in [1.82, 2.24) is 4.72 Å². The van der Waals surface area contributed by atoms with E-state index in [-0.39, 0.29) is 22.7 Å². The molecule has 1 aromatic rings. The summed E-state index contributed by atoms with van der Waals surface area (Å²) in [5, 5.41) is 17.8.